The average Bonchev–Trinajstić information content (AvgIpc) is 3.21. The van der Waals surface area contributed by atoms with Gasteiger partial charge in [0.25, 0.3) is 0 Å². The second-order valence-electron chi connectivity index (χ2n) is 6.92. The Bertz CT molecular complexity index is 854. The normalized spacial score (nSPS) is 14.0. The Labute approximate surface area is 170 Å². The Balaban J connectivity index is 0.000000193. The Hall–Kier alpha value is -2.10. The van der Waals surface area contributed by atoms with E-state index in [9.17, 15) is 0 Å². The fourth-order valence-electron chi connectivity index (χ4n) is 3.61. The van der Waals surface area contributed by atoms with Crippen LogP contribution in [0.25, 0.3) is 22.1 Å². The molecule has 1 saturated carbocycles. The number of imidazole rings is 1. The van der Waals surface area contributed by atoms with E-state index in [1.165, 1.54) is 51.4 Å². The molecular formula is C22H32N5P. The van der Waals surface area contributed by atoms with Crippen molar-refractivity contribution in [1.82, 2.24) is 19.9 Å². The van der Waals surface area contributed by atoms with Gasteiger partial charge >= 0.3 is 0 Å². The van der Waals surface area contributed by atoms with Crippen molar-refractivity contribution in [3.63, 3.8) is 0 Å². The fourth-order valence-corrected chi connectivity index (χ4v) is 3.81. The third-order valence-electron chi connectivity index (χ3n) is 5.00. The highest BCUT2D eigenvalue weighted by Crippen LogP contribution is 2.27. The zero-order valence-corrected chi connectivity index (χ0v) is 17.7. The lowest BCUT2D eigenvalue weighted by atomic mass is 9.86. The molecule has 28 heavy (non-hydrogen) atoms. The quantitative estimate of drug-likeness (QED) is 0.341. The molecule has 0 saturated heterocycles. The number of H-pyrrole nitrogens is 1. The summed E-state index contributed by atoms with van der Waals surface area (Å²) in [5.74, 6) is 3.92. The van der Waals surface area contributed by atoms with E-state index in [4.69, 9.17) is 5.73 Å². The third kappa shape index (κ3) is 6.22. The molecule has 0 unspecified atom stereocenters. The minimum Gasteiger partial charge on any atom is -0.340 e. The standard InChI is InChI=1S/C10H9N5.C10H19P.C2H4/c11-4-8-14-7-5-13-6-2-1-3-12-9(6)10(7)15-8;11-9-5-4-8-10-6-2-1-3-7-10;1-2/h1-3,5H,4,11H2,(H,14,15);9-11H,1-8H2;1-2H2. The van der Waals surface area contributed by atoms with E-state index in [1.807, 2.05) is 12.1 Å². The minimum atomic E-state index is 0.392. The highest BCUT2D eigenvalue weighted by atomic mass is 31.0. The molecule has 0 aromatic carbocycles. The lowest BCUT2D eigenvalue weighted by Gasteiger charge is -2.20. The molecule has 0 radical (unpaired) electrons. The molecule has 3 heterocycles. The number of hydrogen-bond acceptors (Lipinski definition) is 4. The number of aromatic amines is 1. The zero-order valence-electron chi connectivity index (χ0n) is 16.7. The van der Waals surface area contributed by atoms with Crippen molar-refractivity contribution in [3.8, 4) is 0 Å². The number of hydrogen-bond donors (Lipinski definition) is 2. The number of rotatable bonds is 5. The molecule has 1 aliphatic rings. The number of aromatic nitrogens is 4. The zero-order chi connectivity index (χ0) is 20.2. The van der Waals surface area contributed by atoms with Crippen LogP contribution in [-0.4, -0.2) is 25.7 Å². The molecular weight excluding hydrogens is 365 g/mol. The van der Waals surface area contributed by atoms with Gasteiger partial charge in [-0.2, -0.15) is 0 Å². The highest BCUT2D eigenvalue weighted by molar-refractivity contribution is 7.18. The van der Waals surface area contributed by atoms with Crippen molar-refractivity contribution >= 4 is 36.7 Å². The Kier molecular flexibility index (Phi) is 9.81. The largest absolute Gasteiger partial charge is 0.340 e. The summed E-state index contributed by atoms with van der Waals surface area (Å²) in [5.41, 5.74) is 8.89. The summed E-state index contributed by atoms with van der Waals surface area (Å²) in [4.78, 5) is 16.0. The SMILES string of the molecule is C=C.NCc1nc2c(cnc3cccnc32)[nH]1.P=CCCCC1CCCCC1. The van der Waals surface area contributed by atoms with E-state index in [2.05, 4.69) is 47.8 Å². The molecule has 150 valence electrons. The Morgan fingerprint density at radius 1 is 1.18 bits per heavy atom. The van der Waals surface area contributed by atoms with Crippen LogP contribution in [0.2, 0.25) is 0 Å². The van der Waals surface area contributed by atoms with Gasteiger partial charge in [0.05, 0.1) is 23.8 Å². The first kappa shape index (κ1) is 22.2. The van der Waals surface area contributed by atoms with E-state index in [1.54, 1.807) is 12.4 Å². The Morgan fingerprint density at radius 2 is 1.96 bits per heavy atom. The van der Waals surface area contributed by atoms with Gasteiger partial charge in [0.15, 0.2) is 0 Å². The lowest BCUT2D eigenvalue weighted by Crippen LogP contribution is -2.05. The molecule has 3 aromatic rings. The van der Waals surface area contributed by atoms with Crippen LogP contribution < -0.4 is 5.73 Å². The van der Waals surface area contributed by atoms with Crippen LogP contribution in [0, 0.1) is 5.92 Å². The summed E-state index contributed by atoms with van der Waals surface area (Å²) in [5, 5.41) is 0. The van der Waals surface area contributed by atoms with Gasteiger partial charge in [-0.05, 0) is 30.9 Å². The first-order valence-corrected chi connectivity index (χ1v) is 10.7. The molecule has 0 atom stereocenters. The average molecular weight is 398 g/mol. The Morgan fingerprint density at radius 3 is 2.68 bits per heavy atom. The predicted octanol–water partition coefficient (Wildman–Crippen LogP) is 5.45. The summed E-state index contributed by atoms with van der Waals surface area (Å²) < 4.78 is 0. The van der Waals surface area contributed by atoms with Gasteiger partial charge in [-0.15, -0.1) is 22.0 Å². The van der Waals surface area contributed by atoms with Crippen molar-refractivity contribution < 1.29 is 0 Å². The molecule has 3 aromatic heterocycles. The second kappa shape index (κ2) is 12.4. The number of nitrogens with two attached hydrogens (primary N) is 1. The van der Waals surface area contributed by atoms with Crippen molar-refractivity contribution in [2.45, 2.75) is 57.9 Å². The van der Waals surface area contributed by atoms with E-state index < -0.39 is 0 Å². The highest BCUT2D eigenvalue weighted by Gasteiger charge is 2.11. The van der Waals surface area contributed by atoms with Gasteiger partial charge < -0.3 is 10.7 Å². The van der Waals surface area contributed by atoms with Crippen molar-refractivity contribution in [2.75, 3.05) is 0 Å². The number of nitrogens with one attached hydrogen (secondary N) is 1. The van der Waals surface area contributed by atoms with Crippen molar-refractivity contribution in [1.29, 1.82) is 0 Å². The van der Waals surface area contributed by atoms with Crippen LogP contribution in [0.3, 0.4) is 0 Å². The predicted molar refractivity (Wildman–Crippen MR) is 123 cm³/mol. The minimum absolute atomic E-state index is 0.392. The van der Waals surface area contributed by atoms with Crippen LogP contribution in [0.15, 0.2) is 37.7 Å². The fraction of sp³-hybridized carbons (Fsp3) is 0.455. The summed E-state index contributed by atoms with van der Waals surface area (Å²) in [6, 6.07) is 3.77. The summed E-state index contributed by atoms with van der Waals surface area (Å²) in [7, 11) is 3.39. The summed E-state index contributed by atoms with van der Waals surface area (Å²) in [6.45, 7) is 6.39. The maximum absolute atomic E-state index is 5.52. The van der Waals surface area contributed by atoms with Gasteiger partial charge in [-0.3, -0.25) is 9.97 Å². The van der Waals surface area contributed by atoms with Crippen LogP contribution in [-0.2, 0) is 6.54 Å². The topological polar surface area (TPSA) is 80.5 Å². The molecule has 4 rings (SSSR count). The molecule has 3 N–H and O–H groups in total. The molecule has 6 heteroatoms. The van der Waals surface area contributed by atoms with E-state index in [0.29, 0.717) is 6.54 Å². The van der Waals surface area contributed by atoms with E-state index in [0.717, 1.165) is 33.8 Å². The smallest absolute Gasteiger partial charge is 0.121 e. The van der Waals surface area contributed by atoms with Crippen molar-refractivity contribution in [2.24, 2.45) is 11.7 Å². The van der Waals surface area contributed by atoms with Gasteiger partial charge in [0.1, 0.15) is 16.9 Å². The molecule has 5 nitrogen and oxygen atoms in total. The number of pyridine rings is 2. The van der Waals surface area contributed by atoms with Crippen LogP contribution in [0.5, 0.6) is 0 Å². The number of unbranched alkanes of at least 4 members (excludes halogenated alkanes) is 1. The first-order chi connectivity index (χ1) is 13.8. The molecule has 0 amide bonds. The van der Waals surface area contributed by atoms with E-state index in [-0.39, 0.29) is 0 Å². The monoisotopic (exact) mass is 397 g/mol. The van der Waals surface area contributed by atoms with E-state index >= 15 is 0 Å². The number of fused-ring (bicyclic) bond motifs is 3. The number of nitrogens with zero attached hydrogens (tertiary/aromatic N) is 3. The van der Waals surface area contributed by atoms with Crippen LogP contribution in [0.4, 0.5) is 0 Å². The molecule has 1 fully saturated rings. The lowest BCUT2D eigenvalue weighted by molar-refractivity contribution is 0.334. The van der Waals surface area contributed by atoms with Crippen molar-refractivity contribution in [3.05, 3.63) is 43.5 Å². The van der Waals surface area contributed by atoms with Gasteiger partial charge in [-0.25, -0.2) is 4.98 Å². The third-order valence-corrected chi connectivity index (χ3v) is 5.29. The molecule has 1 aliphatic carbocycles. The molecule has 0 spiro atoms. The summed E-state index contributed by atoms with van der Waals surface area (Å²) in [6.07, 6.45) is 15.0. The second-order valence-corrected chi connectivity index (χ2v) is 7.33. The van der Waals surface area contributed by atoms with Gasteiger partial charge in [0.2, 0.25) is 0 Å². The van der Waals surface area contributed by atoms with Crippen LogP contribution >= 0.6 is 8.86 Å². The molecule has 0 aliphatic heterocycles. The van der Waals surface area contributed by atoms with Gasteiger partial charge in [-0.1, -0.05) is 44.3 Å². The van der Waals surface area contributed by atoms with Gasteiger partial charge in [0, 0.05) is 6.20 Å². The first-order valence-electron chi connectivity index (χ1n) is 10.1. The maximum Gasteiger partial charge on any atom is 0.121 e. The molecule has 0 bridgehead atoms. The summed E-state index contributed by atoms with van der Waals surface area (Å²) >= 11 is 0. The van der Waals surface area contributed by atoms with Crippen LogP contribution in [0.1, 0.15) is 57.2 Å². The maximum atomic E-state index is 5.52.